The van der Waals surface area contributed by atoms with Crippen LogP contribution in [0.1, 0.15) is 12.0 Å². The number of aromatic nitrogens is 2. The summed E-state index contributed by atoms with van der Waals surface area (Å²) in [5, 5.41) is 14.0. The minimum atomic E-state index is -0.189. The maximum Gasteiger partial charge on any atom is 0.229 e. The monoisotopic (exact) mass is 378 g/mol. The number of ether oxygens (including phenoxy) is 2. The Morgan fingerprint density at radius 2 is 1.75 bits per heavy atom. The number of aryl methyl sites for hydroxylation is 1. The van der Waals surface area contributed by atoms with E-state index in [1.165, 1.54) is 0 Å². The molecule has 0 saturated carbocycles. The van der Waals surface area contributed by atoms with E-state index in [1.807, 2.05) is 55.5 Å². The average Bonchev–Trinajstić information content (AvgIpc) is 2.70. The van der Waals surface area contributed by atoms with E-state index in [4.69, 9.17) is 9.47 Å². The summed E-state index contributed by atoms with van der Waals surface area (Å²) in [6, 6.07) is 18.6. The highest BCUT2D eigenvalue weighted by Crippen LogP contribution is 2.27. The van der Waals surface area contributed by atoms with E-state index in [0.29, 0.717) is 17.4 Å². The summed E-state index contributed by atoms with van der Waals surface area (Å²) in [5.74, 6) is 2.19. The van der Waals surface area contributed by atoms with Gasteiger partial charge in [0.2, 0.25) is 5.91 Å². The molecule has 1 heterocycles. The third kappa shape index (κ3) is 5.44. The zero-order chi connectivity index (χ0) is 19.8. The smallest absolute Gasteiger partial charge is 0.229 e. The molecule has 1 amide bonds. The quantitative estimate of drug-likeness (QED) is 0.617. The highest BCUT2D eigenvalue weighted by Gasteiger charge is 2.07. The highest BCUT2D eigenvalue weighted by atomic mass is 16.5. The number of carbonyl (C=O) groups is 1. The summed E-state index contributed by atoms with van der Waals surface area (Å²) in [5.41, 5.74) is 1.89. The number of anilines is 3. The SMILES string of the molecule is COc1ccc(C)cc1Nc1ccc(NC(=O)CCOc2ccccc2)nn1. The minimum Gasteiger partial charge on any atom is -0.495 e. The second kappa shape index (κ2) is 9.36. The van der Waals surface area contributed by atoms with Crippen LogP contribution in [0, 0.1) is 6.92 Å². The number of methoxy groups -OCH3 is 1. The lowest BCUT2D eigenvalue weighted by Gasteiger charge is -2.11. The van der Waals surface area contributed by atoms with Crippen molar-refractivity contribution < 1.29 is 14.3 Å². The second-order valence-electron chi connectivity index (χ2n) is 6.09. The molecule has 7 heteroatoms. The van der Waals surface area contributed by atoms with E-state index < -0.39 is 0 Å². The lowest BCUT2D eigenvalue weighted by molar-refractivity contribution is -0.116. The summed E-state index contributed by atoms with van der Waals surface area (Å²) in [4.78, 5) is 12.0. The first-order valence-corrected chi connectivity index (χ1v) is 8.87. The van der Waals surface area contributed by atoms with Crippen LogP contribution in [0.3, 0.4) is 0 Å². The van der Waals surface area contributed by atoms with Gasteiger partial charge in [-0.2, -0.15) is 0 Å². The first kappa shape index (κ1) is 19.2. The number of amides is 1. The van der Waals surface area contributed by atoms with Crippen LogP contribution in [-0.4, -0.2) is 29.8 Å². The Labute approximate surface area is 163 Å². The third-order valence-electron chi connectivity index (χ3n) is 3.89. The Bertz CT molecular complexity index is 915. The van der Waals surface area contributed by atoms with Gasteiger partial charge in [-0.15, -0.1) is 10.2 Å². The van der Waals surface area contributed by atoms with E-state index in [1.54, 1.807) is 19.2 Å². The van der Waals surface area contributed by atoms with E-state index in [0.717, 1.165) is 17.0 Å². The molecule has 0 radical (unpaired) electrons. The van der Waals surface area contributed by atoms with Crippen LogP contribution in [0.4, 0.5) is 17.3 Å². The molecule has 0 saturated heterocycles. The van der Waals surface area contributed by atoms with Crippen LogP contribution in [-0.2, 0) is 4.79 Å². The first-order valence-electron chi connectivity index (χ1n) is 8.87. The van der Waals surface area contributed by atoms with Crippen LogP contribution in [0.2, 0.25) is 0 Å². The topological polar surface area (TPSA) is 85.4 Å². The molecule has 1 aromatic heterocycles. The second-order valence-corrected chi connectivity index (χ2v) is 6.09. The van der Waals surface area contributed by atoms with Crippen LogP contribution in [0.5, 0.6) is 11.5 Å². The van der Waals surface area contributed by atoms with Crippen molar-refractivity contribution in [3.63, 3.8) is 0 Å². The molecule has 0 spiro atoms. The van der Waals surface area contributed by atoms with Gasteiger partial charge in [0.15, 0.2) is 11.6 Å². The summed E-state index contributed by atoms with van der Waals surface area (Å²) in [7, 11) is 1.61. The number of carbonyl (C=O) groups excluding carboxylic acids is 1. The first-order chi connectivity index (χ1) is 13.6. The van der Waals surface area contributed by atoms with E-state index in [-0.39, 0.29) is 18.9 Å². The molecule has 0 bridgehead atoms. The Kier molecular flexibility index (Phi) is 6.41. The fraction of sp³-hybridized carbons (Fsp3) is 0.190. The van der Waals surface area contributed by atoms with Crippen LogP contribution < -0.4 is 20.1 Å². The zero-order valence-corrected chi connectivity index (χ0v) is 15.8. The van der Waals surface area contributed by atoms with Gasteiger partial charge in [-0.3, -0.25) is 4.79 Å². The molecule has 0 aliphatic rings. The lowest BCUT2D eigenvalue weighted by Crippen LogP contribution is -2.16. The third-order valence-corrected chi connectivity index (χ3v) is 3.89. The summed E-state index contributed by atoms with van der Waals surface area (Å²) >= 11 is 0. The van der Waals surface area contributed by atoms with Crippen molar-refractivity contribution in [3.8, 4) is 11.5 Å². The van der Waals surface area contributed by atoms with Crippen LogP contribution in [0.25, 0.3) is 0 Å². The largest absolute Gasteiger partial charge is 0.495 e. The van der Waals surface area contributed by atoms with Crippen molar-refractivity contribution in [2.75, 3.05) is 24.4 Å². The Hall–Kier alpha value is -3.61. The summed E-state index contributed by atoms with van der Waals surface area (Å²) in [6.45, 7) is 2.28. The van der Waals surface area contributed by atoms with Crippen molar-refractivity contribution >= 4 is 23.2 Å². The van der Waals surface area contributed by atoms with Gasteiger partial charge in [0.25, 0.3) is 0 Å². The number of para-hydroxylation sites is 1. The van der Waals surface area contributed by atoms with Crippen LogP contribution in [0.15, 0.2) is 60.7 Å². The molecule has 0 aliphatic carbocycles. The van der Waals surface area contributed by atoms with Gasteiger partial charge in [-0.05, 0) is 48.9 Å². The maximum absolute atomic E-state index is 12.0. The number of nitrogens with one attached hydrogen (secondary N) is 2. The zero-order valence-electron chi connectivity index (χ0n) is 15.8. The molecule has 2 N–H and O–H groups in total. The molecule has 144 valence electrons. The van der Waals surface area contributed by atoms with E-state index in [9.17, 15) is 4.79 Å². The van der Waals surface area contributed by atoms with Crippen molar-refractivity contribution in [2.24, 2.45) is 0 Å². The van der Waals surface area contributed by atoms with Gasteiger partial charge in [-0.1, -0.05) is 24.3 Å². The Morgan fingerprint density at radius 1 is 1.00 bits per heavy atom. The van der Waals surface area contributed by atoms with Crippen molar-refractivity contribution in [2.45, 2.75) is 13.3 Å². The predicted octanol–water partition coefficient (Wildman–Crippen LogP) is 3.94. The summed E-state index contributed by atoms with van der Waals surface area (Å²) in [6.07, 6.45) is 0.219. The van der Waals surface area contributed by atoms with Gasteiger partial charge >= 0.3 is 0 Å². The highest BCUT2D eigenvalue weighted by molar-refractivity contribution is 5.89. The van der Waals surface area contributed by atoms with Crippen molar-refractivity contribution in [1.29, 1.82) is 0 Å². The molecule has 0 unspecified atom stereocenters. The van der Waals surface area contributed by atoms with Crippen molar-refractivity contribution in [1.82, 2.24) is 10.2 Å². The Morgan fingerprint density at radius 3 is 2.46 bits per heavy atom. The van der Waals surface area contributed by atoms with E-state index >= 15 is 0 Å². The fourth-order valence-electron chi connectivity index (χ4n) is 2.51. The standard InChI is InChI=1S/C21H22N4O3/c1-15-8-9-18(27-2)17(14-15)22-19-10-11-20(25-24-19)23-21(26)12-13-28-16-6-4-3-5-7-16/h3-11,14H,12-13H2,1-2H3,(H,22,24)(H,23,25,26). The predicted molar refractivity (Wildman–Crippen MR) is 108 cm³/mol. The number of benzene rings is 2. The average molecular weight is 378 g/mol. The van der Waals surface area contributed by atoms with Crippen molar-refractivity contribution in [3.05, 3.63) is 66.2 Å². The van der Waals surface area contributed by atoms with E-state index in [2.05, 4.69) is 20.8 Å². The van der Waals surface area contributed by atoms with Gasteiger partial charge in [0.1, 0.15) is 11.5 Å². The molecule has 0 aliphatic heterocycles. The van der Waals surface area contributed by atoms with Gasteiger partial charge in [0.05, 0.1) is 25.8 Å². The number of nitrogens with zero attached hydrogens (tertiary/aromatic N) is 2. The molecule has 3 rings (SSSR count). The molecule has 28 heavy (non-hydrogen) atoms. The van der Waals surface area contributed by atoms with Crippen LogP contribution >= 0.6 is 0 Å². The van der Waals surface area contributed by atoms with Gasteiger partial charge < -0.3 is 20.1 Å². The lowest BCUT2D eigenvalue weighted by atomic mass is 10.2. The molecule has 0 fully saturated rings. The molecular formula is C21H22N4O3. The molecular weight excluding hydrogens is 356 g/mol. The molecule has 3 aromatic rings. The van der Waals surface area contributed by atoms with Gasteiger partial charge in [0, 0.05) is 0 Å². The van der Waals surface area contributed by atoms with Gasteiger partial charge in [-0.25, -0.2) is 0 Å². The number of rotatable bonds is 8. The number of hydrogen-bond donors (Lipinski definition) is 2. The normalized spacial score (nSPS) is 10.2. The number of hydrogen-bond acceptors (Lipinski definition) is 6. The molecule has 0 atom stereocenters. The molecule has 2 aromatic carbocycles. The Balaban J connectivity index is 1.51. The molecule has 7 nitrogen and oxygen atoms in total. The minimum absolute atomic E-state index is 0.189. The fourth-order valence-corrected chi connectivity index (χ4v) is 2.51. The summed E-state index contributed by atoms with van der Waals surface area (Å²) < 4.78 is 10.9. The maximum atomic E-state index is 12.0.